The second-order valence-corrected chi connectivity index (χ2v) is 5.74. The second-order valence-electron chi connectivity index (χ2n) is 4.83. The third kappa shape index (κ3) is 2.91. The maximum absolute atomic E-state index is 14.0. The molecule has 0 saturated carbocycles. The van der Waals surface area contributed by atoms with Gasteiger partial charge in [-0.1, -0.05) is 0 Å². The molecule has 0 aliphatic heterocycles. The van der Waals surface area contributed by atoms with E-state index >= 15 is 0 Å². The third-order valence-electron chi connectivity index (χ3n) is 3.27. The molecule has 0 fully saturated rings. The van der Waals surface area contributed by atoms with Gasteiger partial charge in [-0.25, -0.2) is 8.78 Å². The van der Waals surface area contributed by atoms with Crippen LogP contribution in [0.15, 0.2) is 46.8 Å². The zero-order valence-corrected chi connectivity index (χ0v) is 12.5. The van der Waals surface area contributed by atoms with E-state index in [2.05, 4.69) is 4.99 Å². The first-order valence-corrected chi connectivity index (χ1v) is 7.44. The summed E-state index contributed by atoms with van der Waals surface area (Å²) in [7, 11) is 0. The Morgan fingerprint density at radius 3 is 2.52 bits per heavy atom. The van der Waals surface area contributed by atoms with E-state index in [-0.39, 0.29) is 17.1 Å². The second kappa shape index (κ2) is 5.77. The number of fused-ring (bicyclic) bond motifs is 1. The van der Waals surface area contributed by atoms with Crippen molar-refractivity contribution in [3.8, 4) is 11.1 Å². The Hall–Kier alpha value is -2.80. The predicted molar refractivity (Wildman–Crippen MR) is 87.3 cm³/mol. The fourth-order valence-corrected chi connectivity index (χ4v) is 3.20. The molecule has 1 amide bonds. The first-order chi connectivity index (χ1) is 11.0. The summed E-state index contributed by atoms with van der Waals surface area (Å²) >= 11 is 1.40. The van der Waals surface area contributed by atoms with E-state index in [1.807, 2.05) is 0 Å². The van der Waals surface area contributed by atoms with Crippen molar-refractivity contribution in [2.45, 2.75) is 0 Å². The van der Waals surface area contributed by atoms with Crippen LogP contribution in [0.25, 0.3) is 21.2 Å². The Bertz CT molecular complexity index is 946. The summed E-state index contributed by atoms with van der Waals surface area (Å²) in [6.07, 6.45) is 0. The molecule has 0 radical (unpaired) electrons. The summed E-state index contributed by atoms with van der Waals surface area (Å²) in [4.78, 5) is 15.4. The molecule has 4 N–H and O–H groups in total. The summed E-state index contributed by atoms with van der Waals surface area (Å²) < 4.78 is 28.0. The van der Waals surface area contributed by atoms with Gasteiger partial charge in [-0.2, -0.15) is 4.99 Å². The number of nitrogens with two attached hydrogens (primary N) is 2. The number of nitrogens with zero attached hydrogens (tertiary/aromatic N) is 1. The molecule has 4 nitrogen and oxygen atoms in total. The van der Waals surface area contributed by atoms with Crippen LogP contribution in [0.2, 0.25) is 0 Å². The van der Waals surface area contributed by atoms with Crippen LogP contribution in [-0.4, -0.2) is 11.9 Å². The lowest BCUT2D eigenvalue weighted by Crippen LogP contribution is -2.24. The molecule has 3 rings (SSSR count). The van der Waals surface area contributed by atoms with E-state index in [4.69, 9.17) is 11.5 Å². The highest BCUT2D eigenvalue weighted by Crippen LogP contribution is 2.36. The van der Waals surface area contributed by atoms with E-state index < -0.39 is 17.5 Å². The molecule has 1 heterocycles. The van der Waals surface area contributed by atoms with Gasteiger partial charge >= 0.3 is 0 Å². The molecular formula is C16H11F2N3OS. The molecule has 3 aromatic rings. The lowest BCUT2D eigenvalue weighted by Gasteiger charge is -2.03. The van der Waals surface area contributed by atoms with Gasteiger partial charge in [-0.3, -0.25) is 4.79 Å². The topological polar surface area (TPSA) is 81.5 Å². The molecule has 23 heavy (non-hydrogen) atoms. The van der Waals surface area contributed by atoms with Crippen molar-refractivity contribution in [3.05, 3.63) is 59.0 Å². The van der Waals surface area contributed by atoms with Crippen LogP contribution in [0.5, 0.6) is 0 Å². The quantitative estimate of drug-likeness (QED) is 0.558. The fourth-order valence-electron chi connectivity index (χ4n) is 2.26. The molecule has 0 unspecified atom stereocenters. The minimum Gasteiger partial charge on any atom is -0.370 e. The zero-order valence-electron chi connectivity index (χ0n) is 11.7. The van der Waals surface area contributed by atoms with E-state index in [0.29, 0.717) is 10.9 Å². The minimum absolute atomic E-state index is 0.268. The standard InChI is InChI=1S/C16H11F2N3OS/c17-9-2-3-10(13(18)6-9)12-7-23-14-4-1-8(5-11(12)14)15(22)21-16(19)20/h1-7H,(H4,19,20,21,22). The SMILES string of the molecule is NC(N)=NC(=O)c1ccc2scc(-c3ccc(F)cc3F)c2c1. The molecule has 0 aliphatic carbocycles. The molecule has 7 heteroatoms. The number of carbonyl (C=O) groups is 1. The summed E-state index contributed by atoms with van der Waals surface area (Å²) in [5.74, 6) is -2.21. The number of aliphatic imine (C=N–C) groups is 1. The maximum Gasteiger partial charge on any atom is 0.280 e. The molecule has 0 aliphatic rings. The van der Waals surface area contributed by atoms with Gasteiger partial charge in [0.1, 0.15) is 11.6 Å². The largest absolute Gasteiger partial charge is 0.370 e. The third-order valence-corrected chi connectivity index (χ3v) is 4.24. The molecule has 0 atom stereocenters. The molecule has 116 valence electrons. The lowest BCUT2D eigenvalue weighted by atomic mass is 10.0. The fraction of sp³-hybridized carbons (Fsp3) is 0. The highest BCUT2D eigenvalue weighted by atomic mass is 32.1. The first kappa shape index (κ1) is 15.1. The number of benzene rings is 2. The summed E-state index contributed by atoms with van der Waals surface area (Å²) in [5, 5.41) is 2.44. The summed E-state index contributed by atoms with van der Waals surface area (Å²) in [6, 6.07) is 8.32. The van der Waals surface area contributed by atoms with Crippen LogP contribution >= 0.6 is 11.3 Å². The number of amides is 1. The monoisotopic (exact) mass is 331 g/mol. The van der Waals surface area contributed by atoms with Gasteiger partial charge in [0.2, 0.25) is 0 Å². The van der Waals surface area contributed by atoms with Crippen molar-refractivity contribution in [3.63, 3.8) is 0 Å². The van der Waals surface area contributed by atoms with Gasteiger partial charge in [0.05, 0.1) is 0 Å². The number of hydrogen-bond acceptors (Lipinski definition) is 2. The Morgan fingerprint density at radius 1 is 1.04 bits per heavy atom. The van der Waals surface area contributed by atoms with Gasteiger partial charge in [0.25, 0.3) is 5.91 Å². The Morgan fingerprint density at radius 2 is 1.83 bits per heavy atom. The maximum atomic E-state index is 14.0. The lowest BCUT2D eigenvalue weighted by molar-refractivity contribution is 0.100. The molecular weight excluding hydrogens is 320 g/mol. The van der Waals surface area contributed by atoms with Crippen molar-refractivity contribution in [1.82, 2.24) is 0 Å². The van der Waals surface area contributed by atoms with Crippen molar-refractivity contribution in [2.24, 2.45) is 16.5 Å². The summed E-state index contributed by atoms with van der Waals surface area (Å²) in [5.41, 5.74) is 11.5. The van der Waals surface area contributed by atoms with E-state index in [1.165, 1.54) is 23.5 Å². The Balaban J connectivity index is 2.15. The highest BCUT2D eigenvalue weighted by Gasteiger charge is 2.14. The number of rotatable bonds is 2. The van der Waals surface area contributed by atoms with Gasteiger partial charge in [0.15, 0.2) is 5.96 Å². The van der Waals surface area contributed by atoms with Gasteiger partial charge in [0, 0.05) is 32.8 Å². The van der Waals surface area contributed by atoms with E-state index in [1.54, 1.807) is 23.6 Å². The predicted octanol–water partition coefficient (Wildman–Crippen LogP) is 3.26. The molecule has 2 aromatic carbocycles. The zero-order chi connectivity index (χ0) is 16.6. The normalized spacial score (nSPS) is 10.7. The number of hydrogen-bond donors (Lipinski definition) is 2. The van der Waals surface area contributed by atoms with Crippen LogP contribution in [0, 0.1) is 11.6 Å². The minimum atomic E-state index is -0.661. The number of thiophene rings is 1. The molecule has 1 aromatic heterocycles. The van der Waals surface area contributed by atoms with Crippen molar-refractivity contribution >= 4 is 33.3 Å². The van der Waals surface area contributed by atoms with Gasteiger partial charge in [-0.05, 0) is 35.7 Å². The van der Waals surface area contributed by atoms with Crippen molar-refractivity contribution < 1.29 is 13.6 Å². The summed E-state index contributed by atoms with van der Waals surface area (Å²) in [6.45, 7) is 0. The van der Waals surface area contributed by atoms with Crippen LogP contribution in [0.3, 0.4) is 0 Å². The molecule has 0 spiro atoms. The van der Waals surface area contributed by atoms with Crippen LogP contribution in [0.1, 0.15) is 10.4 Å². The first-order valence-electron chi connectivity index (χ1n) is 6.56. The van der Waals surface area contributed by atoms with Gasteiger partial charge < -0.3 is 11.5 Å². The van der Waals surface area contributed by atoms with Crippen LogP contribution in [0.4, 0.5) is 8.78 Å². The van der Waals surface area contributed by atoms with Crippen LogP contribution < -0.4 is 11.5 Å². The van der Waals surface area contributed by atoms with Crippen molar-refractivity contribution in [2.75, 3.05) is 0 Å². The Labute approximate surface area is 134 Å². The van der Waals surface area contributed by atoms with E-state index in [0.717, 1.165) is 10.8 Å². The number of halogens is 2. The number of guanidine groups is 1. The smallest absolute Gasteiger partial charge is 0.280 e. The average Bonchev–Trinajstić information content (AvgIpc) is 2.89. The molecule has 0 saturated heterocycles. The van der Waals surface area contributed by atoms with E-state index in [9.17, 15) is 13.6 Å². The van der Waals surface area contributed by atoms with Crippen LogP contribution in [-0.2, 0) is 0 Å². The number of carbonyl (C=O) groups excluding carboxylic acids is 1. The highest BCUT2D eigenvalue weighted by molar-refractivity contribution is 7.17. The Kier molecular flexibility index (Phi) is 3.79. The van der Waals surface area contributed by atoms with Crippen molar-refractivity contribution in [1.29, 1.82) is 0 Å². The van der Waals surface area contributed by atoms with Gasteiger partial charge in [-0.15, -0.1) is 11.3 Å². The average molecular weight is 331 g/mol. The molecule has 0 bridgehead atoms.